The van der Waals surface area contributed by atoms with Crippen molar-refractivity contribution in [2.45, 2.75) is 39.3 Å². The fourth-order valence-electron chi connectivity index (χ4n) is 2.25. The first kappa shape index (κ1) is 13.1. The van der Waals surface area contributed by atoms with Gasteiger partial charge < -0.3 is 15.0 Å². The van der Waals surface area contributed by atoms with E-state index < -0.39 is 0 Å². The molecule has 100 valence electrons. The summed E-state index contributed by atoms with van der Waals surface area (Å²) in [5.41, 5.74) is 0. The minimum atomic E-state index is 0.135. The molecule has 1 unspecified atom stereocenters. The van der Waals surface area contributed by atoms with Crippen LogP contribution in [-0.2, 0) is 0 Å². The van der Waals surface area contributed by atoms with Gasteiger partial charge in [0.15, 0.2) is 0 Å². The molecule has 1 saturated heterocycles. The first-order valence-electron chi connectivity index (χ1n) is 6.67. The molecule has 1 atom stereocenters. The second kappa shape index (κ2) is 6.00. The zero-order valence-electron chi connectivity index (χ0n) is 11.4. The van der Waals surface area contributed by atoms with Gasteiger partial charge in [-0.05, 0) is 33.7 Å². The smallest absolute Gasteiger partial charge is 0.228 e. The molecule has 18 heavy (non-hydrogen) atoms. The van der Waals surface area contributed by atoms with Crippen molar-refractivity contribution in [3.05, 3.63) is 12.3 Å². The van der Waals surface area contributed by atoms with Crippen LogP contribution in [0.2, 0.25) is 0 Å². The van der Waals surface area contributed by atoms with Crippen LogP contribution < -0.4 is 15.0 Å². The van der Waals surface area contributed by atoms with Gasteiger partial charge in [-0.15, -0.1) is 0 Å². The monoisotopic (exact) mass is 250 g/mol. The topological polar surface area (TPSA) is 50.3 Å². The molecule has 0 saturated carbocycles. The van der Waals surface area contributed by atoms with Crippen molar-refractivity contribution in [1.29, 1.82) is 0 Å². The molecule has 1 aromatic rings. The third-order valence-corrected chi connectivity index (χ3v) is 3.05. The number of nitrogens with one attached hydrogen (secondary N) is 1. The molecule has 0 aromatic carbocycles. The number of hydrogen-bond donors (Lipinski definition) is 1. The quantitative estimate of drug-likeness (QED) is 0.857. The fraction of sp³-hybridized carbons (Fsp3) is 0.692. The average molecular weight is 250 g/mol. The van der Waals surface area contributed by atoms with E-state index in [2.05, 4.69) is 27.1 Å². The van der Waals surface area contributed by atoms with Gasteiger partial charge in [-0.2, -0.15) is 4.98 Å². The Bertz CT molecular complexity index is 377. The largest absolute Gasteiger partial charge is 0.475 e. The first-order valence-corrected chi connectivity index (χ1v) is 6.67. The number of likely N-dealkylation sites (N-methyl/N-ethyl adjacent to an activating group) is 1. The number of nitrogens with zero attached hydrogens (tertiary/aromatic N) is 3. The van der Waals surface area contributed by atoms with E-state index in [4.69, 9.17) is 4.74 Å². The van der Waals surface area contributed by atoms with E-state index in [1.807, 2.05) is 19.9 Å². The summed E-state index contributed by atoms with van der Waals surface area (Å²) in [5, 5.41) is 3.38. The summed E-state index contributed by atoms with van der Waals surface area (Å²) in [6.45, 7) is 9.13. The fourth-order valence-corrected chi connectivity index (χ4v) is 2.25. The molecule has 1 aliphatic rings. The van der Waals surface area contributed by atoms with E-state index in [1.54, 1.807) is 6.20 Å². The highest BCUT2D eigenvalue weighted by Gasteiger charge is 2.23. The number of rotatable bonds is 5. The molecule has 0 spiro atoms. The number of aromatic nitrogens is 2. The summed E-state index contributed by atoms with van der Waals surface area (Å²) < 4.78 is 5.62. The zero-order chi connectivity index (χ0) is 13.0. The molecule has 0 bridgehead atoms. The third-order valence-electron chi connectivity index (χ3n) is 3.05. The van der Waals surface area contributed by atoms with Crippen molar-refractivity contribution in [3.63, 3.8) is 0 Å². The van der Waals surface area contributed by atoms with Gasteiger partial charge in [-0.25, -0.2) is 4.98 Å². The second-order valence-electron chi connectivity index (χ2n) is 4.79. The molecule has 2 heterocycles. The van der Waals surface area contributed by atoms with Crippen LogP contribution in [0, 0.1) is 0 Å². The maximum atomic E-state index is 5.62. The summed E-state index contributed by atoms with van der Waals surface area (Å²) in [6, 6.07) is 2.30. The highest BCUT2D eigenvalue weighted by molar-refractivity contribution is 5.34. The molecule has 1 fully saturated rings. The van der Waals surface area contributed by atoms with Gasteiger partial charge in [0.1, 0.15) is 0 Å². The molecule has 1 N–H and O–H groups in total. The first-order chi connectivity index (χ1) is 8.70. The number of ether oxygens (including phenoxy) is 1. The van der Waals surface area contributed by atoms with E-state index in [1.165, 1.54) is 0 Å². The molecule has 0 aliphatic carbocycles. The van der Waals surface area contributed by atoms with Crippen LogP contribution in [0.15, 0.2) is 12.3 Å². The van der Waals surface area contributed by atoms with E-state index in [0.29, 0.717) is 11.9 Å². The molecule has 5 nitrogen and oxygen atoms in total. The van der Waals surface area contributed by atoms with Crippen LogP contribution in [0.25, 0.3) is 0 Å². The summed E-state index contributed by atoms with van der Waals surface area (Å²) in [5.74, 6) is 1.42. The third kappa shape index (κ3) is 3.10. The lowest BCUT2D eigenvalue weighted by atomic mass is 10.2. The van der Waals surface area contributed by atoms with Crippen LogP contribution in [-0.4, -0.2) is 41.7 Å². The van der Waals surface area contributed by atoms with E-state index in [0.717, 1.165) is 32.0 Å². The average Bonchev–Trinajstić information content (AvgIpc) is 2.83. The Morgan fingerprint density at radius 3 is 3.00 bits per heavy atom. The molecule has 5 heteroatoms. The molecule has 1 aromatic heterocycles. The maximum absolute atomic E-state index is 5.62. The predicted molar refractivity (Wildman–Crippen MR) is 72.1 cm³/mol. The second-order valence-corrected chi connectivity index (χ2v) is 4.79. The Morgan fingerprint density at radius 2 is 2.39 bits per heavy atom. The standard InChI is InChI=1S/C13H22N4O/c1-4-17(11-5-7-14-9-11)13-15-8-6-12(16-13)18-10(2)3/h6,8,10-11,14H,4-5,7,9H2,1-3H3. The molecular weight excluding hydrogens is 228 g/mol. The van der Waals surface area contributed by atoms with Gasteiger partial charge >= 0.3 is 0 Å². The summed E-state index contributed by atoms with van der Waals surface area (Å²) in [6.07, 6.45) is 3.05. The highest BCUT2D eigenvalue weighted by Crippen LogP contribution is 2.18. The van der Waals surface area contributed by atoms with Crippen molar-refractivity contribution in [2.24, 2.45) is 0 Å². The number of anilines is 1. The summed E-state index contributed by atoms with van der Waals surface area (Å²) in [4.78, 5) is 11.1. The van der Waals surface area contributed by atoms with E-state index >= 15 is 0 Å². The Balaban J connectivity index is 2.14. The Kier molecular flexibility index (Phi) is 4.36. The number of hydrogen-bond acceptors (Lipinski definition) is 5. The lowest BCUT2D eigenvalue weighted by Crippen LogP contribution is -2.38. The Labute approximate surface area is 109 Å². The molecule has 1 aliphatic heterocycles. The predicted octanol–water partition coefficient (Wildman–Crippen LogP) is 1.45. The molecular formula is C13H22N4O. The van der Waals surface area contributed by atoms with Gasteiger partial charge in [0.05, 0.1) is 6.10 Å². The van der Waals surface area contributed by atoms with Gasteiger partial charge in [0, 0.05) is 31.4 Å². The van der Waals surface area contributed by atoms with E-state index in [-0.39, 0.29) is 6.10 Å². The molecule has 0 radical (unpaired) electrons. The van der Waals surface area contributed by atoms with Gasteiger partial charge in [0.25, 0.3) is 0 Å². The van der Waals surface area contributed by atoms with Crippen LogP contribution in [0.4, 0.5) is 5.95 Å². The normalized spacial score (nSPS) is 19.2. The van der Waals surface area contributed by atoms with Crippen LogP contribution in [0.5, 0.6) is 5.88 Å². The van der Waals surface area contributed by atoms with Crippen molar-refractivity contribution in [1.82, 2.24) is 15.3 Å². The van der Waals surface area contributed by atoms with Crippen molar-refractivity contribution in [3.8, 4) is 5.88 Å². The lowest BCUT2D eigenvalue weighted by molar-refractivity contribution is 0.232. The SMILES string of the molecule is CCN(c1nccc(OC(C)C)n1)C1CCNC1. The summed E-state index contributed by atoms with van der Waals surface area (Å²) >= 11 is 0. The van der Waals surface area contributed by atoms with Crippen LogP contribution in [0.3, 0.4) is 0 Å². The van der Waals surface area contributed by atoms with E-state index in [9.17, 15) is 0 Å². The van der Waals surface area contributed by atoms with Gasteiger partial charge in [0.2, 0.25) is 11.8 Å². The minimum absolute atomic E-state index is 0.135. The summed E-state index contributed by atoms with van der Waals surface area (Å²) in [7, 11) is 0. The van der Waals surface area contributed by atoms with Crippen molar-refractivity contribution >= 4 is 5.95 Å². The Hall–Kier alpha value is -1.36. The Morgan fingerprint density at radius 1 is 1.56 bits per heavy atom. The minimum Gasteiger partial charge on any atom is -0.475 e. The van der Waals surface area contributed by atoms with Gasteiger partial charge in [-0.1, -0.05) is 0 Å². The maximum Gasteiger partial charge on any atom is 0.228 e. The molecule has 2 rings (SSSR count). The zero-order valence-corrected chi connectivity index (χ0v) is 11.4. The van der Waals surface area contributed by atoms with Crippen molar-refractivity contribution in [2.75, 3.05) is 24.5 Å². The van der Waals surface area contributed by atoms with Gasteiger partial charge in [-0.3, -0.25) is 0 Å². The van der Waals surface area contributed by atoms with Crippen LogP contribution in [0.1, 0.15) is 27.2 Å². The molecule has 0 amide bonds. The lowest BCUT2D eigenvalue weighted by Gasteiger charge is -2.27. The van der Waals surface area contributed by atoms with Crippen LogP contribution >= 0.6 is 0 Å². The van der Waals surface area contributed by atoms with Crippen molar-refractivity contribution < 1.29 is 4.74 Å². The highest BCUT2D eigenvalue weighted by atomic mass is 16.5.